The molecule has 2 bridgehead atoms. The van der Waals surface area contributed by atoms with Crippen LogP contribution < -0.4 is 0 Å². The first-order valence-corrected chi connectivity index (χ1v) is 12.6. The minimum atomic E-state index is -4.09. The van der Waals surface area contributed by atoms with Gasteiger partial charge in [0.05, 0.1) is 57.1 Å². The molecule has 3 aliphatic rings. The molecule has 0 aromatic heterocycles. The number of fused-ring (bicyclic) bond motifs is 6. The summed E-state index contributed by atoms with van der Waals surface area (Å²) in [5, 5.41) is 0. The summed E-state index contributed by atoms with van der Waals surface area (Å²) in [4.78, 5) is 2.31. The van der Waals surface area contributed by atoms with E-state index in [1.165, 1.54) is 0 Å². The maximum atomic E-state index is 10.7. The van der Waals surface area contributed by atoms with Gasteiger partial charge in [0.25, 0.3) is 0 Å². The van der Waals surface area contributed by atoms with Crippen LogP contribution in [0.1, 0.15) is 19.3 Å². The fourth-order valence-corrected chi connectivity index (χ4v) is 6.36. The second-order valence-electron chi connectivity index (χ2n) is 7.53. The normalized spacial score (nSPS) is 28.4. The fourth-order valence-electron chi connectivity index (χ4n) is 3.32. The van der Waals surface area contributed by atoms with Crippen LogP contribution in [-0.2, 0) is 23.4 Å². The van der Waals surface area contributed by atoms with E-state index in [0.717, 1.165) is 56.1 Å². The Hall–Kier alpha value is -0.0731. The van der Waals surface area contributed by atoms with E-state index in [1.54, 1.807) is 0 Å². The highest BCUT2D eigenvalue weighted by Crippen LogP contribution is 2.22. The fraction of sp³-hybridized carbons (Fsp3) is 1.00. The first-order valence-electron chi connectivity index (χ1n) is 9.10. The van der Waals surface area contributed by atoms with E-state index < -0.39 is 18.9 Å². The van der Waals surface area contributed by atoms with Crippen molar-refractivity contribution >= 4 is 18.9 Å². The largest absolute Gasteiger partial charge is 0.748 e. The highest BCUT2D eigenvalue weighted by Gasteiger charge is 2.43. The Morgan fingerprint density at radius 3 is 2.00 bits per heavy atom. The summed E-state index contributed by atoms with van der Waals surface area (Å²) in [5.41, 5.74) is 0. The van der Waals surface area contributed by atoms with Gasteiger partial charge in [-0.1, -0.05) is 0 Å². The van der Waals surface area contributed by atoms with Gasteiger partial charge in [-0.3, -0.25) is 4.90 Å². The lowest BCUT2D eigenvalue weighted by atomic mass is 10.3. The Morgan fingerprint density at radius 2 is 1.48 bits per heavy atom. The van der Waals surface area contributed by atoms with E-state index in [-0.39, 0.29) is 5.75 Å². The number of hydrogen-bond acceptors (Lipinski definition) is 7. The Bertz CT molecular complexity index is 490. The molecule has 3 heterocycles. The molecule has 3 saturated heterocycles. The minimum absolute atomic E-state index is 0.268. The molecule has 0 spiro atoms. The lowest BCUT2D eigenvalue weighted by Crippen LogP contribution is -2.55. The second-order valence-corrected chi connectivity index (χ2v) is 11.8. The van der Waals surface area contributed by atoms with Crippen molar-refractivity contribution in [2.24, 2.45) is 0 Å². The van der Waals surface area contributed by atoms with Gasteiger partial charge in [-0.15, -0.1) is 0 Å². The van der Waals surface area contributed by atoms with E-state index in [9.17, 15) is 13.0 Å². The van der Waals surface area contributed by atoms with Crippen molar-refractivity contribution in [2.45, 2.75) is 25.3 Å². The van der Waals surface area contributed by atoms with Crippen molar-refractivity contribution in [2.75, 3.05) is 72.4 Å². The Balaban J connectivity index is 1.73. The zero-order chi connectivity index (χ0) is 18.4. The first-order chi connectivity index (χ1) is 11.7. The Labute approximate surface area is 152 Å². The van der Waals surface area contributed by atoms with Gasteiger partial charge in [0.1, 0.15) is 0 Å². The Kier molecular flexibility index (Phi) is 7.83. The zero-order valence-electron chi connectivity index (χ0n) is 15.4. The minimum Gasteiger partial charge on any atom is -0.748 e. The Morgan fingerprint density at radius 1 is 0.960 bits per heavy atom. The molecule has 0 N–H and O–H groups in total. The van der Waals surface area contributed by atoms with Crippen LogP contribution >= 0.6 is 0 Å². The summed E-state index contributed by atoms with van der Waals surface area (Å²) in [5.74, 6) is -0.268. The summed E-state index contributed by atoms with van der Waals surface area (Å²) in [6, 6.07) is 0.823. The SMILES string of the molecule is C[N+](C)(CCCCS(=O)(=O)[O-])CCC[Si]12OCCN(CCO1)CCO2. The van der Waals surface area contributed by atoms with Gasteiger partial charge < -0.3 is 22.3 Å². The van der Waals surface area contributed by atoms with Crippen LogP contribution in [0.25, 0.3) is 0 Å². The molecule has 8 nitrogen and oxygen atoms in total. The van der Waals surface area contributed by atoms with Gasteiger partial charge >= 0.3 is 8.80 Å². The molecule has 0 unspecified atom stereocenters. The second kappa shape index (κ2) is 9.22. The lowest BCUT2D eigenvalue weighted by molar-refractivity contribution is -0.890. The van der Waals surface area contributed by atoms with Gasteiger partial charge in [0.15, 0.2) is 0 Å². The standard InChI is InChI=1S/C15H32N2O6SSi/c1-17(2,9-3-4-14-24(18,19)20)10-5-15-25-21-11-6-16(7-12-22-25)8-13-23-25/h3-15H2,1-2H3. The van der Waals surface area contributed by atoms with Gasteiger partial charge in [-0.05, 0) is 12.8 Å². The highest BCUT2D eigenvalue weighted by atomic mass is 32.2. The van der Waals surface area contributed by atoms with Crippen LogP contribution in [0.5, 0.6) is 0 Å². The molecule has 25 heavy (non-hydrogen) atoms. The maximum absolute atomic E-state index is 10.7. The number of unbranched alkanes of at least 4 members (excludes halogenated alkanes) is 1. The van der Waals surface area contributed by atoms with E-state index in [0.29, 0.717) is 26.2 Å². The first kappa shape index (κ1) is 21.2. The molecule has 0 amide bonds. The molecule has 148 valence electrons. The van der Waals surface area contributed by atoms with Gasteiger partial charge in [0.2, 0.25) is 0 Å². The molecule has 0 saturated carbocycles. The third kappa shape index (κ3) is 8.00. The monoisotopic (exact) mass is 396 g/mol. The van der Waals surface area contributed by atoms with E-state index >= 15 is 0 Å². The van der Waals surface area contributed by atoms with Gasteiger partial charge in [-0.25, -0.2) is 8.42 Å². The topological polar surface area (TPSA) is 88.1 Å². The highest BCUT2D eigenvalue weighted by molar-refractivity contribution is 7.85. The average Bonchev–Trinajstić information content (AvgIpc) is 2.43. The van der Waals surface area contributed by atoms with Crippen LogP contribution in [-0.4, -0.2) is 104 Å². The molecular weight excluding hydrogens is 364 g/mol. The van der Waals surface area contributed by atoms with Crippen molar-refractivity contribution in [3.63, 3.8) is 0 Å². The molecule has 3 fully saturated rings. The molecule has 3 aliphatic heterocycles. The molecule has 0 aromatic rings. The number of rotatable bonds is 9. The summed E-state index contributed by atoms with van der Waals surface area (Å²) in [7, 11) is -2.39. The van der Waals surface area contributed by atoms with Gasteiger partial charge in [0, 0.05) is 37.9 Å². The summed E-state index contributed by atoms with van der Waals surface area (Å²) in [6.07, 6.45) is 2.11. The van der Waals surface area contributed by atoms with E-state index in [4.69, 9.17) is 13.3 Å². The van der Waals surface area contributed by atoms with Crippen LogP contribution in [0.15, 0.2) is 0 Å². The maximum Gasteiger partial charge on any atom is 0.501 e. The number of quaternary nitrogens is 1. The lowest BCUT2D eigenvalue weighted by Gasteiger charge is -2.38. The third-order valence-corrected chi connectivity index (χ3v) is 8.53. The van der Waals surface area contributed by atoms with Crippen molar-refractivity contribution in [3.8, 4) is 0 Å². The van der Waals surface area contributed by atoms with Crippen LogP contribution in [0.4, 0.5) is 0 Å². The molecule has 0 atom stereocenters. The van der Waals surface area contributed by atoms with Crippen LogP contribution in [0.3, 0.4) is 0 Å². The predicted octanol–water partition coefficient (Wildman–Crippen LogP) is 0.0962. The van der Waals surface area contributed by atoms with Gasteiger partial charge in [-0.2, -0.15) is 0 Å². The summed E-state index contributed by atoms with van der Waals surface area (Å²) < 4.78 is 50.9. The molecule has 0 radical (unpaired) electrons. The van der Waals surface area contributed by atoms with E-state index in [2.05, 4.69) is 19.0 Å². The molecule has 10 heteroatoms. The van der Waals surface area contributed by atoms with E-state index in [1.807, 2.05) is 0 Å². The quantitative estimate of drug-likeness (QED) is 0.236. The predicted molar refractivity (Wildman–Crippen MR) is 95.1 cm³/mol. The number of hydrogen-bond donors (Lipinski definition) is 0. The van der Waals surface area contributed by atoms with Crippen molar-refractivity contribution in [3.05, 3.63) is 0 Å². The number of nitrogens with zero attached hydrogens (tertiary/aromatic N) is 2. The van der Waals surface area contributed by atoms with Crippen LogP contribution in [0, 0.1) is 0 Å². The summed E-state index contributed by atoms with van der Waals surface area (Å²) in [6.45, 7) is 6.67. The summed E-state index contributed by atoms with van der Waals surface area (Å²) >= 11 is 0. The smallest absolute Gasteiger partial charge is 0.501 e. The molecular formula is C15H32N2O6SSi. The molecule has 0 aliphatic carbocycles. The average molecular weight is 397 g/mol. The van der Waals surface area contributed by atoms with Crippen LogP contribution in [0.2, 0.25) is 6.04 Å². The van der Waals surface area contributed by atoms with Crippen molar-refractivity contribution < 1.29 is 30.7 Å². The third-order valence-electron chi connectivity index (χ3n) is 4.84. The van der Waals surface area contributed by atoms with Crippen molar-refractivity contribution in [1.29, 1.82) is 0 Å². The molecule has 0 aromatic carbocycles. The molecule has 3 rings (SSSR count). The zero-order valence-corrected chi connectivity index (χ0v) is 17.3. The van der Waals surface area contributed by atoms with Crippen molar-refractivity contribution in [1.82, 2.24) is 4.90 Å².